The summed E-state index contributed by atoms with van der Waals surface area (Å²) in [5.74, 6) is 0. The maximum absolute atomic E-state index is 10.5. The highest BCUT2D eigenvalue weighted by Crippen LogP contribution is 2.17. The van der Waals surface area contributed by atoms with E-state index < -0.39 is 0 Å². The van der Waals surface area contributed by atoms with Crippen molar-refractivity contribution in [2.24, 2.45) is 0 Å². The van der Waals surface area contributed by atoms with Gasteiger partial charge in [0, 0.05) is 18.7 Å². The van der Waals surface area contributed by atoms with E-state index in [1.807, 2.05) is 12.1 Å². The fraction of sp³-hybridized carbons (Fsp3) is 0.222. The highest BCUT2D eigenvalue weighted by atomic mass is 16.1. The Morgan fingerprint density at radius 1 is 1.45 bits per heavy atom. The third kappa shape index (κ3) is 0.955. The van der Waals surface area contributed by atoms with Crippen LogP contribution >= 0.6 is 0 Å². The smallest absolute Gasteiger partial charge is 0.309 e. The molecule has 0 saturated carbocycles. The summed E-state index contributed by atoms with van der Waals surface area (Å²) in [7, 11) is 0. The minimum atomic E-state index is 0. The SMILES string of the molecule is O=Cc1cccc2c1CNC2.[H+]. The zero-order chi connectivity index (χ0) is 7.68. The summed E-state index contributed by atoms with van der Waals surface area (Å²) in [6.07, 6.45) is 0.922. The third-order valence-corrected chi connectivity index (χ3v) is 2.05. The van der Waals surface area contributed by atoms with Crippen LogP contribution in [0.1, 0.15) is 22.9 Å². The molecule has 0 aliphatic carbocycles. The second-order valence-corrected chi connectivity index (χ2v) is 2.71. The molecule has 1 heterocycles. The van der Waals surface area contributed by atoms with Crippen LogP contribution < -0.4 is 5.32 Å². The fourth-order valence-electron chi connectivity index (χ4n) is 1.47. The standard InChI is InChI=1S/C9H9NO/c11-6-8-3-1-2-7-4-10-5-9(7)8/h1-3,6,10H,4-5H2/p+1. The predicted octanol–water partition coefficient (Wildman–Crippen LogP) is 1.21. The van der Waals surface area contributed by atoms with E-state index in [1.165, 1.54) is 11.1 Å². The van der Waals surface area contributed by atoms with Crippen LogP contribution in [0, 0.1) is 0 Å². The molecule has 0 fully saturated rings. The molecule has 1 N–H and O–H groups in total. The number of aldehydes is 1. The van der Waals surface area contributed by atoms with Gasteiger partial charge in [-0.15, -0.1) is 0 Å². The van der Waals surface area contributed by atoms with Gasteiger partial charge in [0.15, 0.2) is 0 Å². The molecule has 0 atom stereocenters. The predicted molar refractivity (Wildman–Crippen MR) is 43.5 cm³/mol. The van der Waals surface area contributed by atoms with Crippen LogP contribution in [-0.4, -0.2) is 6.29 Å². The quantitative estimate of drug-likeness (QED) is 0.606. The van der Waals surface area contributed by atoms with Gasteiger partial charge in [-0.25, -0.2) is 0 Å². The number of hydrogen-bond donors (Lipinski definition) is 1. The molecule has 0 spiro atoms. The lowest BCUT2D eigenvalue weighted by molar-refractivity contribution is 0.112. The average Bonchev–Trinajstić information content (AvgIpc) is 2.50. The number of carbonyl (C=O) groups excluding carboxylic acids is 1. The first kappa shape index (κ1) is 6.55. The molecule has 11 heavy (non-hydrogen) atoms. The lowest BCUT2D eigenvalue weighted by atomic mass is 10.1. The van der Waals surface area contributed by atoms with Crippen molar-refractivity contribution in [3.8, 4) is 0 Å². The lowest BCUT2D eigenvalue weighted by Gasteiger charge is -1.98. The van der Waals surface area contributed by atoms with E-state index in [4.69, 9.17) is 0 Å². The lowest BCUT2D eigenvalue weighted by Crippen LogP contribution is -2.00. The Morgan fingerprint density at radius 2 is 2.36 bits per heavy atom. The zero-order valence-electron chi connectivity index (χ0n) is 7.13. The number of benzene rings is 1. The first-order chi connectivity index (χ1) is 5.42. The second kappa shape index (κ2) is 2.47. The summed E-state index contributed by atoms with van der Waals surface area (Å²) < 4.78 is 0. The van der Waals surface area contributed by atoms with Gasteiger partial charge in [-0.1, -0.05) is 18.2 Å². The van der Waals surface area contributed by atoms with Crippen molar-refractivity contribution in [2.45, 2.75) is 13.1 Å². The number of fused-ring (bicyclic) bond motifs is 1. The van der Waals surface area contributed by atoms with Gasteiger partial charge in [0.05, 0.1) is 0 Å². The van der Waals surface area contributed by atoms with E-state index in [0.717, 1.165) is 24.9 Å². The van der Waals surface area contributed by atoms with E-state index >= 15 is 0 Å². The zero-order valence-corrected chi connectivity index (χ0v) is 6.13. The second-order valence-electron chi connectivity index (χ2n) is 2.71. The first-order valence-corrected chi connectivity index (χ1v) is 3.68. The largest absolute Gasteiger partial charge is 1.00 e. The monoisotopic (exact) mass is 148 g/mol. The van der Waals surface area contributed by atoms with Gasteiger partial charge < -0.3 is 5.32 Å². The van der Waals surface area contributed by atoms with Crippen molar-refractivity contribution < 1.29 is 6.22 Å². The summed E-state index contributed by atoms with van der Waals surface area (Å²) in [6, 6.07) is 5.84. The van der Waals surface area contributed by atoms with Crippen LogP contribution in [0.5, 0.6) is 0 Å². The Kier molecular flexibility index (Phi) is 1.47. The van der Waals surface area contributed by atoms with Crippen molar-refractivity contribution in [3.05, 3.63) is 34.9 Å². The average molecular weight is 148 g/mol. The molecule has 1 aromatic carbocycles. The Balaban J connectivity index is 0.000000720. The number of hydrogen-bond acceptors (Lipinski definition) is 2. The molecule has 2 heteroatoms. The minimum Gasteiger partial charge on any atom is -0.309 e. The van der Waals surface area contributed by atoms with E-state index in [-0.39, 0.29) is 1.43 Å². The Morgan fingerprint density at radius 3 is 3.18 bits per heavy atom. The molecular formula is C9H10NO+. The summed E-state index contributed by atoms with van der Waals surface area (Å²) in [4.78, 5) is 10.5. The van der Waals surface area contributed by atoms with Gasteiger partial charge in [0.2, 0.25) is 0 Å². The third-order valence-electron chi connectivity index (χ3n) is 2.05. The molecule has 0 amide bonds. The van der Waals surface area contributed by atoms with E-state index in [9.17, 15) is 4.79 Å². The van der Waals surface area contributed by atoms with Gasteiger partial charge >= 0.3 is 1.43 Å². The molecule has 0 radical (unpaired) electrons. The highest BCUT2D eigenvalue weighted by molar-refractivity contribution is 5.78. The van der Waals surface area contributed by atoms with Crippen molar-refractivity contribution in [2.75, 3.05) is 0 Å². The Hall–Kier alpha value is -1.15. The summed E-state index contributed by atoms with van der Waals surface area (Å²) in [5, 5.41) is 3.20. The minimum absolute atomic E-state index is 0. The van der Waals surface area contributed by atoms with Crippen molar-refractivity contribution in [3.63, 3.8) is 0 Å². The number of rotatable bonds is 1. The van der Waals surface area contributed by atoms with Crippen LogP contribution in [-0.2, 0) is 13.1 Å². The molecule has 1 aromatic rings. The van der Waals surface area contributed by atoms with Gasteiger partial charge in [-0.05, 0) is 11.1 Å². The topological polar surface area (TPSA) is 29.1 Å². The van der Waals surface area contributed by atoms with Gasteiger partial charge in [-0.2, -0.15) is 0 Å². The molecule has 2 rings (SSSR count). The van der Waals surface area contributed by atoms with Crippen LogP contribution in [0.4, 0.5) is 0 Å². The highest BCUT2D eigenvalue weighted by Gasteiger charge is 2.12. The van der Waals surface area contributed by atoms with Gasteiger partial charge in [0.1, 0.15) is 6.29 Å². The maximum atomic E-state index is 10.5. The summed E-state index contributed by atoms with van der Waals surface area (Å²) >= 11 is 0. The molecule has 1 aliphatic rings. The molecule has 0 saturated heterocycles. The van der Waals surface area contributed by atoms with E-state index in [0.29, 0.717) is 0 Å². The van der Waals surface area contributed by atoms with Crippen LogP contribution in [0.25, 0.3) is 0 Å². The molecule has 2 nitrogen and oxygen atoms in total. The molecule has 56 valence electrons. The summed E-state index contributed by atoms with van der Waals surface area (Å²) in [6.45, 7) is 1.74. The van der Waals surface area contributed by atoms with Crippen molar-refractivity contribution in [1.29, 1.82) is 0 Å². The molecule has 0 aromatic heterocycles. The van der Waals surface area contributed by atoms with Crippen LogP contribution in [0.2, 0.25) is 0 Å². The van der Waals surface area contributed by atoms with Crippen LogP contribution in [0.15, 0.2) is 18.2 Å². The summed E-state index contributed by atoms with van der Waals surface area (Å²) in [5.41, 5.74) is 3.25. The van der Waals surface area contributed by atoms with E-state index in [2.05, 4.69) is 11.4 Å². The van der Waals surface area contributed by atoms with Gasteiger partial charge in [-0.3, -0.25) is 4.79 Å². The molecule has 1 aliphatic heterocycles. The molecule has 0 unspecified atom stereocenters. The Labute approximate surface area is 66.7 Å². The fourth-order valence-corrected chi connectivity index (χ4v) is 1.47. The molecule has 0 bridgehead atoms. The normalized spacial score (nSPS) is 14.5. The van der Waals surface area contributed by atoms with E-state index in [1.54, 1.807) is 0 Å². The van der Waals surface area contributed by atoms with Crippen molar-refractivity contribution >= 4 is 6.29 Å². The van der Waals surface area contributed by atoms with Crippen molar-refractivity contribution in [1.82, 2.24) is 5.32 Å². The van der Waals surface area contributed by atoms with Gasteiger partial charge in [0.25, 0.3) is 0 Å². The Bertz CT molecular complexity index is 299. The molecular weight excluding hydrogens is 138 g/mol. The number of nitrogens with one attached hydrogen (secondary N) is 1. The maximum Gasteiger partial charge on any atom is 1.00 e. The van der Waals surface area contributed by atoms with Crippen LogP contribution in [0.3, 0.4) is 0 Å². The number of carbonyl (C=O) groups is 1. The first-order valence-electron chi connectivity index (χ1n) is 3.68.